The Morgan fingerprint density at radius 1 is 1.40 bits per heavy atom. The summed E-state index contributed by atoms with van der Waals surface area (Å²) in [5.41, 5.74) is 0. The second-order valence-corrected chi connectivity index (χ2v) is 6.12. The van der Waals surface area contributed by atoms with Gasteiger partial charge in [-0.25, -0.2) is 4.79 Å². The Kier molecular flexibility index (Phi) is 4.87. The Morgan fingerprint density at radius 3 is 2.55 bits per heavy atom. The van der Waals surface area contributed by atoms with Crippen LogP contribution in [0, 0.1) is 0 Å². The summed E-state index contributed by atoms with van der Waals surface area (Å²) in [5.74, 6) is -0.0622. The number of thioether (sulfide) groups is 1. The summed E-state index contributed by atoms with van der Waals surface area (Å²) in [6.45, 7) is 4.75. The van der Waals surface area contributed by atoms with Gasteiger partial charge in [0.05, 0.1) is 11.5 Å². The third-order valence-corrected chi connectivity index (χ3v) is 4.60. The van der Waals surface area contributed by atoms with Crippen molar-refractivity contribution in [1.29, 1.82) is 0 Å². The van der Waals surface area contributed by atoms with Crippen LogP contribution in [0.4, 0.5) is 4.79 Å². The van der Waals surface area contributed by atoms with E-state index in [1.54, 1.807) is 18.9 Å². The van der Waals surface area contributed by atoms with E-state index in [4.69, 9.17) is 17.0 Å². The van der Waals surface area contributed by atoms with E-state index in [-0.39, 0.29) is 12.0 Å². The van der Waals surface area contributed by atoms with E-state index in [9.17, 15) is 9.59 Å². The van der Waals surface area contributed by atoms with Crippen molar-refractivity contribution in [2.24, 2.45) is 0 Å². The van der Waals surface area contributed by atoms with Crippen LogP contribution >= 0.6 is 24.0 Å². The number of carbonyl (C=O) groups excluding carboxylic acids is 2. The van der Waals surface area contributed by atoms with Crippen molar-refractivity contribution in [3.8, 4) is 0 Å². The van der Waals surface area contributed by atoms with E-state index < -0.39 is 0 Å². The van der Waals surface area contributed by atoms with Crippen molar-refractivity contribution < 1.29 is 14.3 Å². The average Bonchev–Trinajstić information content (AvgIpc) is 2.67. The molecule has 2 heterocycles. The molecule has 2 aliphatic heterocycles. The number of rotatable bonds is 2. The van der Waals surface area contributed by atoms with Crippen LogP contribution in [0.25, 0.3) is 0 Å². The molecule has 0 aromatic rings. The SMILES string of the molecule is CCOC(=O)N1CCN(/C=C2\SC(=S)N(C)C2=O)CC1. The van der Waals surface area contributed by atoms with Crippen LogP contribution in [0.15, 0.2) is 11.1 Å². The van der Waals surface area contributed by atoms with Gasteiger partial charge in [0.1, 0.15) is 4.32 Å². The fraction of sp³-hybridized carbons (Fsp3) is 0.583. The van der Waals surface area contributed by atoms with Gasteiger partial charge in [-0.05, 0) is 6.92 Å². The highest BCUT2D eigenvalue weighted by Gasteiger charge is 2.30. The van der Waals surface area contributed by atoms with Gasteiger partial charge >= 0.3 is 6.09 Å². The van der Waals surface area contributed by atoms with Crippen molar-refractivity contribution in [3.05, 3.63) is 11.1 Å². The first-order chi connectivity index (χ1) is 9.52. The molecule has 0 saturated carbocycles. The van der Waals surface area contributed by atoms with Crippen LogP contribution < -0.4 is 0 Å². The molecule has 2 saturated heterocycles. The highest BCUT2D eigenvalue weighted by Crippen LogP contribution is 2.30. The van der Waals surface area contributed by atoms with Gasteiger partial charge < -0.3 is 14.5 Å². The largest absolute Gasteiger partial charge is 0.450 e. The summed E-state index contributed by atoms with van der Waals surface area (Å²) in [4.78, 5) is 29.3. The molecule has 0 aromatic carbocycles. The Balaban J connectivity index is 1.90. The minimum absolute atomic E-state index is 0.0622. The van der Waals surface area contributed by atoms with Crippen molar-refractivity contribution in [1.82, 2.24) is 14.7 Å². The van der Waals surface area contributed by atoms with Crippen LogP contribution in [-0.4, -0.2) is 70.9 Å². The second kappa shape index (κ2) is 6.45. The maximum atomic E-state index is 11.9. The number of hydrogen-bond acceptors (Lipinski definition) is 6. The number of nitrogens with zero attached hydrogens (tertiary/aromatic N) is 3. The van der Waals surface area contributed by atoms with Gasteiger partial charge in [0.2, 0.25) is 0 Å². The summed E-state index contributed by atoms with van der Waals surface area (Å²) >= 11 is 6.40. The first-order valence-corrected chi connectivity index (χ1v) is 7.63. The van der Waals surface area contributed by atoms with Crippen molar-refractivity contribution >= 4 is 40.3 Å². The maximum Gasteiger partial charge on any atom is 0.409 e. The van der Waals surface area contributed by atoms with Crippen molar-refractivity contribution in [3.63, 3.8) is 0 Å². The number of amides is 2. The molecule has 0 radical (unpaired) electrons. The van der Waals surface area contributed by atoms with Crippen LogP contribution in [0.1, 0.15) is 6.92 Å². The molecule has 2 amide bonds. The number of carbonyl (C=O) groups is 2. The van der Waals surface area contributed by atoms with Gasteiger partial charge in [0, 0.05) is 39.4 Å². The van der Waals surface area contributed by atoms with Gasteiger partial charge in [-0.2, -0.15) is 0 Å². The molecular formula is C12H17N3O3S2. The van der Waals surface area contributed by atoms with Gasteiger partial charge in [-0.15, -0.1) is 0 Å². The zero-order valence-electron chi connectivity index (χ0n) is 11.5. The highest BCUT2D eigenvalue weighted by atomic mass is 32.2. The minimum Gasteiger partial charge on any atom is -0.450 e. The number of thiocarbonyl (C=S) groups is 1. The topological polar surface area (TPSA) is 53.1 Å². The van der Waals surface area contributed by atoms with E-state index in [1.165, 1.54) is 16.7 Å². The fourth-order valence-corrected chi connectivity index (χ4v) is 3.14. The third kappa shape index (κ3) is 3.24. The molecule has 2 aliphatic rings. The fourth-order valence-electron chi connectivity index (χ4n) is 1.95. The van der Waals surface area contributed by atoms with E-state index in [0.717, 1.165) is 0 Å². The van der Waals surface area contributed by atoms with Gasteiger partial charge in [-0.1, -0.05) is 24.0 Å². The lowest BCUT2D eigenvalue weighted by Crippen LogP contribution is -2.47. The average molecular weight is 315 g/mol. The first kappa shape index (κ1) is 15.1. The standard InChI is InChI=1S/C12H17N3O3S2/c1-3-18-11(17)15-6-4-14(5-7-15)8-9-10(16)13(2)12(19)20-9/h8H,3-7H2,1-2H3/b9-8-. The lowest BCUT2D eigenvalue weighted by Gasteiger charge is -2.33. The van der Waals surface area contributed by atoms with Crippen LogP contribution in [0.3, 0.4) is 0 Å². The van der Waals surface area contributed by atoms with Crippen molar-refractivity contribution in [2.75, 3.05) is 39.8 Å². The minimum atomic E-state index is -0.271. The van der Waals surface area contributed by atoms with Crippen LogP contribution in [0.2, 0.25) is 0 Å². The lowest BCUT2D eigenvalue weighted by atomic mass is 10.3. The molecular weight excluding hydrogens is 298 g/mol. The quantitative estimate of drug-likeness (QED) is 0.562. The summed E-state index contributed by atoms with van der Waals surface area (Å²) in [6, 6.07) is 0. The molecule has 6 nitrogen and oxygen atoms in total. The summed E-state index contributed by atoms with van der Waals surface area (Å²) in [5, 5.41) is 0. The predicted molar refractivity (Wildman–Crippen MR) is 81.2 cm³/mol. The molecule has 0 unspecified atom stereocenters. The number of ether oxygens (including phenoxy) is 1. The number of likely N-dealkylation sites (N-methyl/N-ethyl adjacent to an activating group) is 1. The number of hydrogen-bond donors (Lipinski definition) is 0. The second-order valence-electron chi connectivity index (χ2n) is 4.45. The molecule has 8 heteroatoms. The molecule has 0 atom stereocenters. The molecule has 110 valence electrons. The lowest BCUT2D eigenvalue weighted by molar-refractivity contribution is -0.121. The Morgan fingerprint density at radius 2 is 2.05 bits per heavy atom. The van der Waals surface area contributed by atoms with E-state index in [2.05, 4.69) is 0 Å². The van der Waals surface area contributed by atoms with E-state index >= 15 is 0 Å². The third-order valence-electron chi connectivity index (χ3n) is 3.13. The smallest absolute Gasteiger partial charge is 0.409 e. The van der Waals surface area contributed by atoms with Gasteiger partial charge in [0.25, 0.3) is 5.91 Å². The van der Waals surface area contributed by atoms with E-state index in [1.807, 2.05) is 11.1 Å². The Bertz CT molecular complexity index is 459. The summed E-state index contributed by atoms with van der Waals surface area (Å²) < 4.78 is 5.54. The first-order valence-electron chi connectivity index (χ1n) is 6.40. The molecule has 2 fully saturated rings. The molecule has 0 bridgehead atoms. The van der Waals surface area contributed by atoms with Gasteiger partial charge in [0.15, 0.2) is 0 Å². The summed E-state index contributed by atoms with van der Waals surface area (Å²) in [7, 11) is 1.68. The molecule has 2 rings (SSSR count). The zero-order valence-corrected chi connectivity index (χ0v) is 13.1. The highest BCUT2D eigenvalue weighted by molar-refractivity contribution is 8.26. The Hall–Kier alpha value is -1.28. The molecule has 20 heavy (non-hydrogen) atoms. The molecule has 0 aliphatic carbocycles. The predicted octanol–water partition coefficient (Wildman–Crippen LogP) is 1.09. The molecule has 0 spiro atoms. The van der Waals surface area contributed by atoms with E-state index in [0.29, 0.717) is 42.0 Å². The Labute approximate surface area is 127 Å². The van der Waals surface area contributed by atoms with Crippen LogP contribution in [0.5, 0.6) is 0 Å². The van der Waals surface area contributed by atoms with Crippen LogP contribution in [-0.2, 0) is 9.53 Å². The summed E-state index contributed by atoms with van der Waals surface area (Å²) in [6.07, 6.45) is 1.57. The molecule has 0 N–H and O–H groups in total. The normalized spacial score (nSPS) is 21.9. The maximum absolute atomic E-state index is 11.9. The zero-order chi connectivity index (χ0) is 14.7. The van der Waals surface area contributed by atoms with Crippen molar-refractivity contribution in [2.45, 2.75) is 6.92 Å². The molecule has 0 aromatic heterocycles. The monoisotopic (exact) mass is 315 g/mol. The number of piperazine rings is 1. The van der Waals surface area contributed by atoms with Gasteiger partial charge in [-0.3, -0.25) is 9.69 Å².